The summed E-state index contributed by atoms with van der Waals surface area (Å²) in [6.07, 6.45) is 0. The molecule has 3 aromatic carbocycles. The zero-order chi connectivity index (χ0) is 21.4. The topological polar surface area (TPSA) is 83.6 Å². The number of hydrogen-bond acceptors (Lipinski definition) is 4. The Bertz CT molecular complexity index is 1230. The number of imide groups is 1. The predicted molar refractivity (Wildman–Crippen MR) is 113 cm³/mol. The molecule has 0 unspecified atom stereocenters. The highest BCUT2D eigenvalue weighted by molar-refractivity contribution is 6.35. The molecule has 1 aliphatic rings. The fraction of sp³-hybridized carbons (Fsp3) is 0.0833. The lowest BCUT2D eigenvalue weighted by atomic mass is 10.0. The number of amides is 3. The molecule has 148 valence electrons. The molecule has 4 rings (SSSR count). The predicted octanol–water partition coefficient (Wildman–Crippen LogP) is 4.25. The van der Waals surface area contributed by atoms with Crippen molar-refractivity contribution in [1.29, 1.82) is 0 Å². The van der Waals surface area contributed by atoms with Crippen LogP contribution in [0.15, 0.2) is 66.7 Å². The quantitative estimate of drug-likeness (QED) is 0.526. The van der Waals surface area contributed by atoms with Crippen LogP contribution in [0.1, 0.15) is 53.9 Å². The van der Waals surface area contributed by atoms with Gasteiger partial charge in [-0.2, -0.15) is 0 Å². The number of para-hydroxylation sites is 1. The molecule has 0 aliphatic carbocycles. The molecule has 30 heavy (non-hydrogen) atoms. The molecule has 0 fully saturated rings. The van der Waals surface area contributed by atoms with E-state index in [2.05, 4.69) is 5.32 Å². The van der Waals surface area contributed by atoms with Crippen molar-refractivity contribution < 1.29 is 19.2 Å². The minimum absolute atomic E-state index is 0.107. The number of carbonyl (C=O) groups is 4. The van der Waals surface area contributed by atoms with Gasteiger partial charge in [-0.3, -0.25) is 19.2 Å². The Balaban J connectivity index is 1.63. The number of anilines is 2. The molecule has 0 bridgehead atoms. The number of nitrogens with zero attached hydrogens (tertiary/aromatic N) is 1. The van der Waals surface area contributed by atoms with E-state index in [4.69, 9.17) is 0 Å². The summed E-state index contributed by atoms with van der Waals surface area (Å²) in [4.78, 5) is 51.1. The van der Waals surface area contributed by atoms with Crippen molar-refractivity contribution in [2.45, 2.75) is 13.8 Å². The van der Waals surface area contributed by atoms with Gasteiger partial charge >= 0.3 is 0 Å². The third-order valence-corrected chi connectivity index (χ3v) is 5.03. The lowest BCUT2D eigenvalue weighted by Crippen LogP contribution is -2.29. The van der Waals surface area contributed by atoms with Crippen molar-refractivity contribution >= 4 is 34.9 Å². The molecule has 0 atom stereocenters. The van der Waals surface area contributed by atoms with E-state index in [1.54, 1.807) is 36.4 Å². The van der Waals surface area contributed by atoms with Crippen molar-refractivity contribution in [1.82, 2.24) is 0 Å². The van der Waals surface area contributed by atoms with Gasteiger partial charge in [-0.05, 0) is 55.8 Å². The van der Waals surface area contributed by atoms with E-state index < -0.39 is 17.7 Å². The van der Waals surface area contributed by atoms with Crippen LogP contribution in [0.2, 0.25) is 0 Å². The van der Waals surface area contributed by atoms with Gasteiger partial charge in [0.25, 0.3) is 17.7 Å². The normalized spacial score (nSPS) is 12.7. The third-order valence-electron chi connectivity index (χ3n) is 5.03. The first-order chi connectivity index (χ1) is 14.4. The van der Waals surface area contributed by atoms with Gasteiger partial charge in [-0.1, -0.05) is 30.3 Å². The highest BCUT2D eigenvalue weighted by atomic mass is 16.2. The summed E-state index contributed by atoms with van der Waals surface area (Å²) in [6.45, 7) is 3.27. The highest BCUT2D eigenvalue weighted by Crippen LogP contribution is 2.31. The van der Waals surface area contributed by atoms with Crippen molar-refractivity contribution in [3.63, 3.8) is 0 Å². The van der Waals surface area contributed by atoms with Gasteiger partial charge in [0.1, 0.15) is 0 Å². The molecule has 0 radical (unpaired) electrons. The van der Waals surface area contributed by atoms with Crippen LogP contribution in [-0.4, -0.2) is 23.5 Å². The molecule has 0 spiro atoms. The second kappa shape index (κ2) is 7.40. The molecule has 6 nitrogen and oxygen atoms in total. The summed E-state index contributed by atoms with van der Waals surface area (Å²) in [6, 6.07) is 18.2. The number of rotatable bonds is 4. The van der Waals surface area contributed by atoms with Crippen molar-refractivity contribution in [2.75, 3.05) is 10.2 Å². The van der Waals surface area contributed by atoms with E-state index in [-0.39, 0.29) is 22.5 Å². The summed E-state index contributed by atoms with van der Waals surface area (Å²) in [5, 5.41) is 2.72. The smallest absolute Gasteiger partial charge is 0.266 e. The Morgan fingerprint density at radius 2 is 1.53 bits per heavy atom. The largest absolute Gasteiger partial charge is 0.322 e. The standard InChI is InChI=1S/C24H18N2O4/c1-14-6-3-4-9-21(14)26-23(29)19-11-10-17(13-20(19)24(26)30)22(28)25-18-8-5-7-16(12-18)15(2)27/h3-13H,1-2H3,(H,25,28). The summed E-state index contributed by atoms with van der Waals surface area (Å²) in [7, 11) is 0. The number of hydrogen-bond donors (Lipinski definition) is 1. The first-order valence-corrected chi connectivity index (χ1v) is 9.37. The second-order valence-electron chi connectivity index (χ2n) is 7.08. The van der Waals surface area contributed by atoms with E-state index in [9.17, 15) is 19.2 Å². The molecule has 0 saturated heterocycles. The van der Waals surface area contributed by atoms with Gasteiger partial charge in [0.2, 0.25) is 0 Å². The molecular weight excluding hydrogens is 380 g/mol. The van der Waals surface area contributed by atoms with Crippen LogP contribution in [0.4, 0.5) is 11.4 Å². The molecule has 0 saturated carbocycles. The molecule has 6 heteroatoms. The van der Waals surface area contributed by atoms with E-state index in [1.165, 1.54) is 25.1 Å². The lowest BCUT2D eigenvalue weighted by molar-refractivity contribution is 0.0924. The summed E-state index contributed by atoms with van der Waals surface area (Å²) >= 11 is 0. The monoisotopic (exact) mass is 398 g/mol. The minimum Gasteiger partial charge on any atom is -0.322 e. The first-order valence-electron chi connectivity index (χ1n) is 9.37. The Kier molecular flexibility index (Phi) is 4.75. The Morgan fingerprint density at radius 1 is 0.800 bits per heavy atom. The summed E-state index contributed by atoms with van der Waals surface area (Å²) in [5.41, 5.74) is 2.97. The Hall–Kier alpha value is -4.06. The number of aryl methyl sites for hydroxylation is 1. The van der Waals surface area contributed by atoms with Crippen LogP contribution < -0.4 is 10.2 Å². The van der Waals surface area contributed by atoms with Crippen molar-refractivity contribution in [3.05, 3.63) is 94.5 Å². The van der Waals surface area contributed by atoms with E-state index >= 15 is 0 Å². The number of nitrogens with one attached hydrogen (secondary N) is 1. The van der Waals surface area contributed by atoms with E-state index in [0.29, 0.717) is 16.9 Å². The molecule has 1 heterocycles. The first kappa shape index (κ1) is 19.3. The number of benzene rings is 3. The number of ketones is 1. The van der Waals surface area contributed by atoms with Gasteiger partial charge < -0.3 is 5.32 Å². The number of carbonyl (C=O) groups excluding carboxylic acids is 4. The SMILES string of the molecule is CC(=O)c1cccc(NC(=O)c2ccc3c(c2)C(=O)N(c2ccccc2C)C3=O)c1. The summed E-state index contributed by atoms with van der Waals surface area (Å²) < 4.78 is 0. The molecule has 3 amide bonds. The van der Waals surface area contributed by atoms with Gasteiger partial charge in [-0.15, -0.1) is 0 Å². The molecule has 1 aliphatic heterocycles. The zero-order valence-electron chi connectivity index (χ0n) is 16.4. The molecular formula is C24H18N2O4. The maximum absolute atomic E-state index is 12.9. The lowest BCUT2D eigenvalue weighted by Gasteiger charge is -2.16. The van der Waals surface area contributed by atoms with Crippen molar-refractivity contribution in [2.24, 2.45) is 0 Å². The third kappa shape index (κ3) is 3.28. The van der Waals surface area contributed by atoms with E-state index in [1.807, 2.05) is 19.1 Å². The number of Topliss-reactive ketones (excluding diaryl/α,β-unsaturated/α-hetero) is 1. The van der Waals surface area contributed by atoms with Gasteiger partial charge in [0.05, 0.1) is 16.8 Å². The fourth-order valence-corrected chi connectivity index (χ4v) is 3.43. The average molecular weight is 398 g/mol. The average Bonchev–Trinajstić information content (AvgIpc) is 2.98. The van der Waals surface area contributed by atoms with Crippen LogP contribution >= 0.6 is 0 Å². The molecule has 0 aromatic heterocycles. The maximum Gasteiger partial charge on any atom is 0.266 e. The van der Waals surface area contributed by atoms with Crippen LogP contribution in [0.3, 0.4) is 0 Å². The van der Waals surface area contributed by atoms with Gasteiger partial charge in [0, 0.05) is 16.8 Å². The van der Waals surface area contributed by atoms with Crippen LogP contribution in [0.25, 0.3) is 0 Å². The van der Waals surface area contributed by atoms with Crippen molar-refractivity contribution in [3.8, 4) is 0 Å². The summed E-state index contributed by atoms with van der Waals surface area (Å²) in [5.74, 6) is -1.42. The molecule has 1 N–H and O–H groups in total. The highest BCUT2D eigenvalue weighted by Gasteiger charge is 2.37. The minimum atomic E-state index is -0.461. The Morgan fingerprint density at radius 3 is 2.27 bits per heavy atom. The maximum atomic E-state index is 12.9. The van der Waals surface area contributed by atoms with Crippen LogP contribution in [0, 0.1) is 6.92 Å². The second-order valence-corrected chi connectivity index (χ2v) is 7.08. The number of fused-ring (bicyclic) bond motifs is 1. The van der Waals surface area contributed by atoms with E-state index in [0.717, 1.165) is 10.5 Å². The van der Waals surface area contributed by atoms with Crippen LogP contribution in [0.5, 0.6) is 0 Å². The van der Waals surface area contributed by atoms with Gasteiger partial charge in [-0.25, -0.2) is 4.90 Å². The van der Waals surface area contributed by atoms with Gasteiger partial charge in [0.15, 0.2) is 5.78 Å². The Labute approximate surface area is 173 Å². The zero-order valence-corrected chi connectivity index (χ0v) is 16.4. The molecule has 3 aromatic rings. The van der Waals surface area contributed by atoms with Crippen LogP contribution in [-0.2, 0) is 0 Å². The fourth-order valence-electron chi connectivity index (χ4n) is 3.43.